The maximum atomic E-state index is 10.2. The van der Waals surface area contributed by atoms with E-state index in [1.54, 1.807) is 5.41 Å². The quantitative estimate of drug-likeness (QED) is 0.467. The lowest BCUT2D eigenvalue weighted by Crippen LogP contribution is -2.02. The smallest absolute Gasteiger partial charge is 0.230 e. The summed E-state index contributed by atoms with van der Waals surface area (Å²) in [6.07, 6.45) is 1.52. The summed E-state index contributed by atoms with van der Waals surface area (Å²) in [4.78, 5) is 10.2. The minimum absolute atomic E-state index is 0.0718. The maximum Gasteiger partial charge on any atom is 0.230 e. The molecular formula is C4H4O2S. The van der Waals surface area contributed by atoms with Crippen molar-refractivity contribution in [2.45, 2.75) is 0 Å². The SMILES string of the molecule is O=C1COC=CS1. The van der Waals surface area contributed by atoms with E-state index in [0.717, 1.165) is 0 Å². The minimum Gasteiger partial charge on any atom is -0.492 e. The van der Waals surface area contributed by atoms with Crippen LogP contribution in [0.25, 0.3) is 0 Å². The van der Waals surface area contributed by atoms with Gasteiger partial charge in [0.15, 0.2) is 6.61 Å². The molecule has 0 unspecified atom stereocenters. The van der Waals surface area contributed by atoms with Crippen LogP contribution >= 0.6 is 11.8 Å². The predicted octanol–water partition coefficient (Wildman–Crippen LogP) is 0.748. The fraction of sp³-hybridized carbons (Fsp3) is 0.250. The fourth-order valence-electron chi connectivity index (χ4n) is 0.293. The molecule has 0 radical (unpaired) electrons. The van der Waals surface area contributed by atoms with Crippen molar-refractivity contribution in [3.05, 3.63) is 11.7 Å². The molecule has 0 aromatic rings. The molecule has 0 saturated heterocycles. The van der Waals surface area contributed by atoms with Crippen molar-refractivity contribution < 1.29 is 9.53 Å². The zero-order valence-electron chi connectivity index (χ0n) is 3.59. The Morgan fingerprint density at radius 2 is 2.71 bits per heavy atom. The number of ether oxygens (including phenoxy) is 1. The summed E-state index contributed by atoms with van der Waals surface area (Å²) in [7, 11) is 0. The van der Waals surface area contributed by atoms with Gasteiger partial charge in [0.2, 0.25) is 5.12 Å². The Balaban J connectivity index is 2.47. The Kier molecular flexibility index (Phi) is 1.36. The normalized spacial score (nSPS) is 19.1. The van der Waals surface area contributed by atoms with Gasteiger partial charge >= 0.3 is 0 Å². The summed E-state index contributed by atoms with van der Waals surface area (Å²) in [5.41, 5.74) is 0. The lowest BCUT2D eigenvalue weighted by molar-refractivity contribution is -0.113. The van der Waals surface area contributed by atoms with E-state index in [2.05, 4.69) is 4.74 Å². The molecule has 38 valence electrons. The number of carbonyl (C=O) groups excluding carboxylic acids is 1. The van der Waals surface area contributed by atoms with Gasteiger partial charge in [0.25, 0.3) is 0 Å². The van der Waals surface area contributed by atoms with Crippen LogP contribution in [0.1, 0.15) is 0 Å². The second-order valence-electron chi connectivity index (χ2n) is 1.07. The van der Waals surface area contributed by atoms with Crippen LogP contribution in [-0.2, 0) is 9.53 Å². The van der Waals surface area contributed by atoms with Gasteiger partial charge < -0.3 is 4.74 Å². The van der Waals surface area contributed by atoms with E-state index in [4.69, 9.17) is 0 Å². The Hall–Kier alpha value is -0.440. The second kappa shape index (κ2) is 2.02. The van der Waals surface area contributed by atoms with Crippen LogP contribution in [0, 0.1) is 0 Å². The lowest BCUT2D eigenvalue weighted by atomic mass is 10.8. The zero-order valence-corrected chi connectivity index (χ0v) is 4.40. The van der Waals surface area contributed by atoms with Crippen molar-refractivity contribution in [3.8, 4) is 0 Å². The molecule has 0 aromatic carbocycles. The summed E-state index contributed by atoms with van der Waals surface area (Å²) in [6.45, 7) is 0.223. The van der Waals surface area contributed by atoms with Gasteiger partial charge in [0, 0.05) is 5.41 Å². The molecule has 7 heavy (non-hydrogen) atoms. The number of rotatable bonds is 0. The molecule has 0 spiro atoms. The second-order valence-corrected chi connectivity index (χ2v) is 2.04. The van der Waals surface area contributed by atoms with Gasteiger partial charge in [-0.3, -0.25) is 4.79 Å². The molecule has 1 rings (SSSR count). The summed E-state index contributed by atoms with van der Waals surface area (Å²) >= 11 is 1.17. The Morgan fingerprint density at radius 3 is 3.00 bits per heavy atom. The van der Waals surface area contributed by atoms with Crippen molar-refractivity contribution in [1.82, 2.24) is 0 Å². The average Bonchev–Trinajstić information content (AvgIpc) is 1.69. The average molecular weight is 116 g/mol. The molecule has 1 aliphatic heterocycles. The van der Waals surface area contributed by atoms with Crippen molar-refractivity contribution in [3.63, 3.8) is 0 Å². The van der Waals surface area contributed by atoms with Gasteiger partial charge in [-0.05, 0) is 0 Å². The van der Waals surface area contributed by atoms with E-state index in [9.17, 15) is 4.79 Å². The first-order chi connectivity index (χ1) is 3.39. The van der Waals surface area contributed by atoms with Gasteiger partial charge in [0.1, 0.15) is 0 Å². The summed E-state index contributed by atoms with van der Waals surface area (Å²) in [5.74, 6) is 0. The molecule has 2 nitrogen and oxygen atoms in total. The third-order valence-electron chi connectivity index (χ3n) is 0.552. The van der Waals surface area contributed by atoms with Gasteiger partial charge in [-0.1, -0.05) is 11.8 Å². The minimum atomic E-state index is 0.0718. The van der Waals surface area contributed by atoms with Gasteiger partial charge in [-0.2, -0.15) is 0 Å². The van der Waals surface area contributed by atoms with E-state index in [1.807, 2.05) is 0 Å². The third kappa shape index (κ3) is 1.23. The number of thioether (sulfide) groups is 1. The van der Waals surface area contributed by atoms with Gasteiger partial charge in [-0.15, -0.1) is 0 Å². The first kappa shape index (κ1) is 4.71. The molecule has 0 bridgehead atoms. The van der Waals surface area contributed by atoms with Gasteiger partial charge in [-0.25, -0.2) is 0 Å². The van der Waals surface area contributed by atoms with E-state index in [1.165, 1.54) is 18.0 Å². The Bertz CT molecular complexity index is 108. The topological polar surface area (TPSA) is 26.3 Å². The Labute approximate surface area is 45.5 Å². The zero-order chi connectivity index (χ0) is 5.11. The highest BCUT2D eigenvalue weighted by Gasteiger charge is 2.01. The molecule has 1 heterocycles. The van der Waals surface area contributed by atoms with E-state index < -0.39 is 0 Å². The highest BCUT2D eigenvalue weighted by Crippen LogP contribution is 2.08. The number of hydrogen-bond donors (Lipinski definition) is 0. The standard InChI is InChI=1S/C4H4O2S/c5-4-3-6-1-2-7-4/h1-2H,3H2. The maximum absolute atomic E-state index is 10.2. The predicted molar refractivity (Wildman–Crippen MR) is 27.7 cm³/mol. The first-order valence-corrected chi connectivity index (χ1v) is 2.73. The monoisotopic (exact) mass is 116 g/mol. The molecule has 0 saturated carbocycles. The van der Waals surface area contributed by atoms with Crippen LogP contribution in [0.3, 0.4) is 0 Å². The summed E-state index contributed by atoms with van der Waals surface area (Å²) < 4.78 is 4.63. The van der Waals surface area contributed by atoms with Crippen LogP contribution in [0.15, 0.2) is 11.7 Å². The van der Waals surface area contributed by atoms with Crippen molar-refractivity contribution in [2.75, 3.05) is 6.61 Å². The van der Waals surface area contributed by atoms with Crippen molar-refractivity contribution in [1.29, 1.82) is 0 Å². The fourth-order valence-corrected chi connectivity index (χ4v) is 0.715. The lowest BCUT2D eigenvalue weighted by Gasteiger charge is -2.00. The third-order valence-corrected chi connectivity index (χ3v) is 1.18. The van der Waals surface area contributed by atoms with Crippen LogP contribution in [0.2, 0.25) is 0 Å². The molecule has 0 atom stereocenters. The largest absolute Gasteiger partial charge is 0.492 e. The van der Waals surface area contributed by atoms with E-state index in [-0.39, 0.29) is 11.7 Å². The molecule has 0 N–H and O–H groups in total. The molecule has 0 aliphatic carbocycles. The Morgan fingerprint density at radius 1 is 1.86 bits per heavy atom. The van der Waals surface area contributed by atoms with E-state index >= 15 is 0 Å². The highest BCUT2D eigenvalue weighted by molar-refractivity contribution is 8.16. The molecule has 3 heteroatoms. The van der Waals surface area contributed by atoms with Crippen LogP contribution in [0.4, 0.5) is 0 Å². The first-order valence-electron chi connectivity index (χ1n) is 1.86. The molecular weight excluding hydrogens is 112 g/mol. The number of carbonyl (C=O) groups is 1. The summed E-state index contributed by atoms with van der Waals surface area (Å²) in [6, 6.07) is 0. The molecule has 1 aliphatic rings. The van der Waals surface area contributed by atoms with Crippen LogP contribution in [-0.4, -0.2) is 11.7 Å². The van der Waals surface area contributed by atoms with Crippen LogP contribution < -0.4 is 0 Å². The van der Waals surface area contributed by atoms with Crippen molar-refractivity contribution >= 4 is 16.9 Å². The molecule has 0 fully saturated rings. The van der Waals surface area contributed by atoms with Crippen LogP contribution in [0.5, 0.6) is 0 Å². The molecule has 0 aromatic heterocycles. The summed E-state index contributed by atoms with van der Waals surface area (Å²) in [5, 5.41) is 1.70. The highest BCUT2D eigenvalue weighted by atomic mass is 32.2. The van der Waals surface area contributed by atoms with E-state index in [0.29, 0.717) is 0 Å². The molecule has 0 amide bonds. The van der Waals surface area contributed by atoms with Gasteiger partial charge in [0.05, 0.1) is 6.26 Å². The van der Waals surface area contributed by atoms with Crippen molar-refractivity contribution in [2.24, 2.45) is 0 Å². The number of hydrogen-bond acceptors (Lipinski definition) is 3.